The van der Waals surface area contributed by atoms with Crippen LogP contribution >= 0.6 is 11.6 Å². The maximum atomic E-state index is 12.8. The van der Waals surface area contributed by atoms with E-state index in [1.54, 1.807) is 18.2 Å². The van der Waals surface area contributed by atoms with E-state index in [2.05, 4.69) is 16.1 Å². The molecular formula is C17H18ClF3N4O2. The highest BCUT2D eigenvalue weighted by Gasteiger charge is 2.33. The molecule has 0 saturated carbocycles. The van der Waals surface area contributed by atoms with Gasteiger partial charge in [-0.3, -0.25) is 10.3 Å². The van der Waals surface area contributed by atoms with Gasteiger partial charge in [0.1, 0.15) is 0 Å². The minimum atomic E-state index is -4.60. The quantitative estimate of drug-likeness (QED) is 0.429. The Morgan fingerprint density at radius 3 is 2.63 bits per heavy atom. The van der Waals surface area contributed by atoms with Crippen molar-refractivity contribution < 1.29 is 22.8 Å². The minimum Gasteiger partial charge on any atom is -0.397 e. The third-order valence-corrected chi connectivity index (χ3v) is 3.89. The van der Waals surface area contributed by atoms with Gasteiger partial charge in [0.05, 0.1) is 29.1 Å². The van der Waals surface area contributed by atoms with Crippen LogP contribution in [0.2, 0.25) is 5.02 Å². The van der Waals surface area contributed by atoms with Crippen molar-refractivity contribution in [1.82, 2.24) is 5.32 Å². The number of nitrogen functional groups attached to an aromatic ring is 1. The summed E-state index contributed by atoms with van der Waals surface area (Å²) < 4.78 is 38.5. The van der Waals surface area contributed by atoms with Gasteiger partial charge in [0.15, 0.2) is 0 Å². The lowest BCUT2D eigenvalue weighted by atomic mass is 10.1. The molecule has 0 aromatic heterocycles. The summed E-state index contributed by atoms with van der Waals surface area (Å²) >= 11 is 5.54. The number of urea groups is 1. The third kappa shape index (κ3) is 5.93. The Kier molecular flexibility index (Phi) is 6.75. The first kappa shape index (κ1) is 20.7. The summed E-state index contributed by atoms with van der Waals surface area (Å²) in [6, 6.07) is 7.79. The second kappa shape index (κ2) is 8.83. The summed E-state index contributed by atoms with van der Waals surface area (Å²) in [5.41, 5.74) is 9.39. The van der Waals surface area contributed by atoms with Crippen LogP contribution in [0.4, 0.5) is 35.0 Å². The number of benzene rings is 2. The largest absolute Gasteiger partial charge is 0.417 e. The van der Waals surface area contributed by atoms with Crippen molar-refractivity contribution in [3.05, 3.63) is 52.5 Å². The standard InChI is InChI=1S/C17H18ClF3N4O2/c1-27-25-15-8-10(2-5-14(15)22)6-7-23-16(26)24-11-3-4-13(18)12(9-11)17(19,20)21/h2-5,8-9,25H,6-7,22H2,1H3,(H2,23,24,26). The van der Waals surface area contributed by atoms with E-state index in [0.717, 1.165) is 17.7 Å². The monoisotopic (exact) mass is 402 g/mol. The Bertz CT molecular complexity index is 815. The molecule has 2 amide bonds. The molecule has 2 rings (SSSR count). The van der Waals surface area contributed by atoms with E-state index < -0.39 is 22.8 Å². The number of nitrogens with one attached hydrogen (secondary N) is 3. The highest BCUT2D eigenvalue weighted by molar-refractivity contribution is 6.31. The fraction of sp³-hybridized carbons (Fsp3) is 0.235. The second-order valence-electron chi connectivity index (χ2n) is 5.55. The Morgan fingerprint density at radius 2 is 1.96 bits per heavy atom. The number of halogens is 4. The zero-order chi connectivity index (χ0) is 20.0. The van der Waals surface area contributed by atoms with Crippen molar-refractivity contribution in [2.45, 2.75) is 12.6 Å². The van der Waals surface area contributed by atoms with Gasteiger partial charge in [-0.05, 0) is 42.3 Å². The number of alkyl halides is 3. The third-order valence-electron chi connectivity index (χ3n) is 3.56. The number of rotatable bonds is 6. The predicted molar refractivity (Wildman–Crippen MR) is 98.7 cm³/mol. The fourth-order valence-electron chi connectivity index (χ4n) is 2.27. The van der Waals surface area contributed by atoms with Crippen LogP contribution in [0.15, 0.2) is 36.4 Å². The maximum Gasteiger partial charge on any atom is 0.417 e. The van der Waals surface area contributed by atoms with E-state index in [9.17, 15) is 18.0 Å². The van der Waals surface area contributed by atoms with Crippen molar-refractivity contribution in [1.29, 1.82) is 0 Å². The normalized spacial score (nSPS) is 11.1. The maximum absolute atomic E-state index is 12.8. The second-order valence-corrected chi connectivity index (χ2v) is 5.96. The van der Waals surface area contributed by atoms with E-state index in [1.165, 1.54) is 13.2 Å². The molecule has 0 bridgehead atoms. The Labute approximate surface area is 158 Å². The van der Waals surface area contributed by atoms with Crippen LogP contribution in [0.1, 0.15) is 11.1 Å². The molecule has 0 aliphatic heterocycles. The molecule has 146 valence electrons. The number of hydrogen-bond acceptors (Lipinski definition) is 4. The number of nitrogens with two attached hydrogens (primary N) is 1. The van der Waals surface area contributed by atoms with Gasteiger partial charge in [0, 0.05) is 12.2 Å². The lowest BCUT2D eigenvalue weighted by molar-refractivity contribution is -0.137. The molecule has 10 heteroatoms. The lowest BCUT2D eigenvalue weighted by Crippen LogP contribution is -2.30. The van der Waals surface area contributed by atoms with Gasteiger partial charge in [-0.15, -0.1) is 0 Å². The van der Waals surface area contributed by atoms with Crippen molar-refractivity contribution in [2.75, 3.05) is 30.2 Å². The van der Waals surface area contributed by atoms with Gasteiger partial charge < -0.3 is 16.4 Å². The molecule has 0 fully saturated rings. The fourth-order valence-corrected chi connectivity index (χ4v) is 2.50. The van der Waals surface area contributed by atoms with Crippen molar-refractivity contribution >= 4 is 34.7 Å². The summed E-state index contributed by atoms with van der Waals surface area (Å²) in [6.07, 6.45) is -4.12. The number of amides is 2. The van der Waals surface area contributed by atoms with Gasteiger partial charge in [-0.2, -0.15) is 13.2 Å². The van der Waals surface area contributed by atoms with Gasteiger partial charge in [0.2, 0.25) is 0 Å². The van der Waals surface area contributed by atoms with Crippen LogP contribution in [-0.2, 0) is 17.4 Å². The summed E-state index contributed by atoms with van der Waals surface area (Å²) in [7, 11) is 1.46. The molecule has 0 spiro atoms. The summed E-state index contributed by atoms with van der Waals surface area (Å²) in [4.78, 5) is 16.7. The SMILES string of the molecule is CONc1cc(CCNC(=O)Nc2ccc(Cl)c(C(F)(F)F)c2)ccc1N. The van der Waals surface area contributed by atoms with Crippen LogP contribution in [0.3, 0.4) is 0 Å². The number of anilines is 3. The molecule has 0 radical (unpaired) electrons. The van der Waals surface area contributed by atoms with Crippen molar-refractivity contribution in [3.63, 3.8) is 0 Å². The topological polar surface area (TPSA) is 88.4 Å². The highest BCUT2D eigenvalue weighted by Crippen LogP contribution is 2.36. The summed E-state index contributed by atoms with van der Waals surface area (Å²) in [5, 5.41) is 4.49. The zero-order valence-corrected chi connectivity index (χ0v) is 15.0. The van der Waals surface area contributed by atoms with Crippen LogP contribution < -0.4 is 21.8 Å². The Balaban J connectivity index is 1.91. The van der Waals surface area contributed by atoms with Gasteiger partial charge in [-0.1, -0.05) is 17.7 Å². The summed E-state index contributed by atoms with van der Waals surface area (Å²) in [5.74, 6) is 0. The molecular weight excluding hydrogens is 385 g/mol. The van der Waals surface area contributed by atoms with Crippen LogP contribution in [-0.4, -0.2) is 19.7 Å². The molecule has 2 aromatic carbocycles. The molecule has 0 aliphatic rings. The lowest BCUT2D eigenvalue weighted by Gasteiger charge is -2.13. The average molecular weight is 403 g/mol. The molecule has 0 unspecified atom stereocenters. The Hall–Kier alpha value is -2.65. The first-order valence-electron chi connectivity index (χ1n) is 7.79. The highest BCUT2D eigenvalue weighted by atomic mass is 35.5. The van der Waals surface area contributed by atoms with Gasteiger partial charge >= 0.3 is 12.2 Å². The van der Waals surface area contributed by atoms with E-state index in [-0.39, 0.29) is 12.2 Å². The van der Waals surface area contributed by atoms with Crippen LogP contribution in [0.5, 0.6) is 0 Å². The molecule has 0 aliphatic carbocycles. The number of carbonyl (C=O) groups is 1. The first-order chi connectivity index (χ1) is 12.7. The van der Waals surface area contributed by atoms with Crippen LogP contribution in [0, 0.1) is 0 Å². The smallest absolute Gasteiger partial charge is 0.397 e. The molecule has 2 aromatic rings. The predicted octanol–water partition coefficient (Wildman–Crippen LogP) is 4.28. The van der Waals surface area contributed by atoms with Crippen LogP contribution in [0.25, 0.3) is 0 Å². The van der Waals surface area contributed by atoms with Crippen molar-refractivity contribution in [2.24, 2.45) is 0 Å². The van der Waals surface area contributed by atoms with Crippen molar-refractivity contribution in [3.8, 4) is 0 Å². The number of hydrogen-bond donors (Lipinski definition) is 4. The number of carbonyl (C=O) groups excluding carboxylic acids is 1. The zero-order valence-electron chi connectivity index (χ0n) is 14.3. The van der Waals surface area contributed by atoms with E-state index >= 15 is 0 Å². The Morgan fingerprint density at radius 1 is 1.22 bits per heavy atom. The molecule has 0 atom stereocenters. The molecule has 27 heavy (non-hydrogen) atoms. The van der Waals surface area contributed by atoms with E-state index in [1.807, 2.05) is 0 Å². The molecule has 6 nitrogen and oxygen atoms in total. The minimum absolute atomic E-state index is 0.0108. The van der Waals surface area contributed by atoms with E-state index in [0.29, 0.717) is 17.8 Å². The first-order valence-corrected chi connectivity index (χ1v) is 8.17. The van der Waals surface area contributed by atoms with E-state index in [4.69, 9.17) is 22.2 Å². The summed E-state index contributed by atoms with van der Waals surface area (Å²) in [6.45, 7) is 0.266. The van der Waals surface area contributed by atoms with Gasteiger partial charge in [0.25, 0.3) is 0 Å². The molecule has 0 saturated heterocycles. The average Bonchev–Trinajstić information content (AvgIpc) is 2.58. The molecule has 0 heterocycles. The molecule has 5 N–H and O–H groups in total. The van der Waals surface area contributed by atoms with Gasteiger partial charge in [-0.25, -0.2) is 4.79 Å².